The van der Waals surface area contributed by atoms with Gasteiger partial charge in [0.15, 0.2) is 0 Å². The summed E-state index contributed by atoms with van der Waals surface area (Å²) >= 11 is 6.07. The third kappa shape index (κ3) is 3.56. The Morgan fingerprint density at radius 3 is 2.92 bits per heavy atom. The molecule has 126 valence electrons. The molecular formula is C16H16ClFN4O2. The zero-order chi connectivity index (χ0) is 17.1. The van der Waals surface area contributed by atoms with Crippen molar-refractivity contribution in [3.05, 3.63) is 57.5 Å². The molecule has 3 rings (SSSR count). The third-order valence-electron chi connectivity index (χ3n) is 3.99. The lowest BCUT2D eigenvalue weighted by Gasteiger charge is -2.35. The molecule has 24 heavy (non-hydrogen) atoms. The van der Waals surface area contributed by atoms with Crippen LogP contribution in [-0.4, -0.2) is 29.0 Å². The number of rotatable bonds is 4. The number of hydrogen-bond donors (Lipinski definition) is 1. The quantitative estimate of drug-likeness (QED) is 0.669. The molecule has 1 saturated heterocycles. The molecule has 1 aliphatic rings. The zero-order valence-corrected chi connectivity index (χ0v) is 13.5. The van der Waals surface area contributed by atoms with E-state index in [4.69, 9.17) is 11.6 Å². The minimum Gasteiger partial charge on any atom is -0.367 e. The van der Waals surface area contributed by atoms with Gasteiger partial charge in [0, 0.05) is 25.2 Å². The molecule has 0 spiro atoms. The van der Waals surface area contributed by atoms with Crippen LogP contribution < -0.4 is 10.2 Å². The lowest BCUT2D eigenvalue weighted by molar-refractivity contribution is -0.385. The Kier molecular flexibility index (Phi) is 4.80. The van der Waals surface area contributed by atoms with Gasteiger partial charge in [0.05, 0.1) is 15.6 Å². The summed E-state index contributed by atoms with van der Waals surface area (Å²) in [7, 11) is 0. The Hall–Kier alpha value is -2.41. The topological polar surface area (TPSA) is 71.3 Å². The van der Waals surface area contributed by atoms with Gasteiger partial charge in [-0.15, -0.1) is 0 Å². The Bertz CT molecular complexity index is 759. The lowest BCUT2D eigenvalue weighted by atomic mass is 10.0. The van der Waals surface area contributed by atoms with E-state index in [1.165, 1.54) is 18.3 Å². The molecule has 0 aliphatic carbocycles. The summed E-state index contributed by atoms with van der Waals surface area (Å²) in [5, 5.41) is 14.1. The molecule has 6 nitrogen and oxygen atoms in total. The van der Waals surface area contributed by atoms with E-state index < -0.39 is 4.92 Å². The van der Waals surface area contributed by atoms with Crippen molar-refractivity contribution in [2.24, 2.45) is 0 Å². The summed E-state index contributed by atoms with van der Waals surface area (Å²) in [5.41, 5.74) is 0.425. The van der Waals surface area contributed by atoms with Gasteiger partial charge in [-0.2, -0.15) is 0 Å². The predicted octanol–water partition coefficient (Wildman–Crippen LogP) is 3.86. The van der Waals surface area contributed by atoms with Gasteiger partial charge in [-0.25, -0.2) is 9.37 Å². The van der Waals surface area contributed by atoms with E-state index in [1.54, 1.807) is 12.1 Å². The second kappa shape index (κ2) is 7.00. The van der Waals surface area contributed by atoms with Gasteiger partial charge in [0.2, 0.25) is 0 Å². The number of nitrogens with zero attached hydrogens (tertiary/aromatic N) is 3. The van der Waals surface area contributed by atoms with Crippen molar-refractivity contribution in [3.63, 3.8) is 0 Å². The molecule has 8 heteroatoms. The Morgan fingerprint density at radius 2 is 2.21 bits per heavy atom. The second-order valence-electron chi connectivity index (χ2n) is 5.66. The largest absolute Gasteiger partial charge is 0.367 e. The predicted molar refractivity (Wildman–Crippen MR) is 91.2 cm³/mol. The lowest BCUT2D eigenvalue weighted by Crippen LogP contribution is -2.42. The molecule has 2 aromatic rings. The number of pyridine rings is 1. The van der Waals surface area contributed by atoms with Crippen LogP contribution in [0.1, 0.15) is 12.8 Å². The van der Waals surface area contributed by atoms with Crippen LogP contribution in [0.2, 0.25) is 5.02 Å². The monoisotopic (exact) mass is 350 g/mol. The molecule has 0 amide bonds. The number of nitrogens with one attached hydrogen (secondary N) is 1. The van der Waals surface area contributed by atoms with Gasteiger partial charge >= 0.3 is 0 Å². The Morgan fingerprint density at radius 1 is 1.42 bits per heavy atom. The highest BCUT2D eigenvalue weighted by Gasteiger charge is 2.23. The SMILES string of the molecule is O=[N+]([O-])c1cnc(NC2CCCN(c3ccccc3F)C2)c(Cl)c1. The molecule has 0 saturated carbocycles. The minimum absolute atomic E-state index is 0.0322. The summed E-state index contributed by atoms with van der Waals surface area (Å²) in [6.07, 6.45) is 2.96. The molecule has 2 heterocycles. The number of hydrogen-bond acceptors (Lipinski definition) is 5. The summed E-state index contributed by atoms with van der Waals surface area (Å²) in [6.45, 7) is 1.39. The molecule has 1 atom stereocenters. The van der Waals surface area contributed by atoms with Crippen molar-refractivity contribution >= 4 is 28.8 Å². The average Bonchev–Trinajstić information content (AvgIpc) is 2.57. The number of nitro groups is 1. The molecule has 1 N–H and O–H groups in total. The highest BCUT2D eigenvalue weighted by atomic mass is 35.5. The van der Waals surface area contributed by atoms with Crippen LogP contribution in [0.25, 0.3) is 0 Å². The van der Waals surface area contributed by atoms with Gasteiger partial charge in [-0.3, -0.25) is 10.1 Å². The minimum atomic E-state index is -0.539. The highest BCUT2D eigenvalue weighted by molar-refractivity contribution is 6.33. The second-order valence-corrected chi connectivity index (χ2v) is 6.07. The molecule has 1 fully saturated rings. The first-order chi connectivity index (χ1) is 11.5. The fraction of sp³-hybridized carbons (Fsp3) is 0.312. The number of piperidine rings is 1. The number of aromatic nitrogens is 1. The molecule has 1 aromatic carbocycles. The molecule has 1 aromatic heterocycles. The van der Waals surface area contributed by atoms with Crippen molar-refractivity contribution in [3.8, 4) is 0 Å². The number of benzene rings is 1. The van der Waals surface area contributed by atoms with Crippen molar-refractivity contribution in [2.45, 2.75) is 18.9 Å². The molecule has 0 radical (unpaired) electrons. The fourth-order valence-electron chi connectivity index (χ4n) is 2.85. The maximum atomic E-state index is 14.0. The van der Waals surface area contributed by atoms with Crippen molar-refractivity contribution < 1.29 is 9.31 Å². The third-order valence-corrected chi connectivity index (χ3v) is 4.28. The molecule has 0 bridgehead atoms. The molecule has 1 aliphatic heterocycles. The Labute approximate surface area is 143 Å². The van der Waals surface area contributed by atoms with Crippen LogP contribution in [0.4, 0.5) is 21.6 Å². The van der Waals surface area contributed by atoms with Crippen molar-refractivity contribution in [1.29, 1.82) is 0 Å². The van der Waals surface area contributed by atoms with E-state index >= 15 is 0 Å². The molecule has 1 unspecified atom stereocenters. The van der Waals surface area contributed by atoms with E-state index in [0.717, 1.165) is 19.4 Å². The van der Waals surface area contributed by atoms with Crippen molar-refractivity contribution in [1.82, 2.24) is 4.98 Å². The van der Waals surface area contributed by atoms with E-state index in [1.807, 2.05) is 11.0 Å². The summed E-state index contributed by atoms with van der Waals surface area (Å²) < 4.78 is 14.0. The van der Waals surface area contributed by atoms with Gasteiger partial charge < -0.3 is 10.2 Å². The van der Waals surface area contributed by atoms with Crippen LogP contribution in [0.5, 0.6) is 0 Å². The number of para-hydroxylation sites is 1. The van der Waals surface area contributed by atoms with Crippen LogP contribution in [-0.2, 0) is 0 Å². The first kappa shape index (κ1) is 16.4. The van der Waals surface area contributed by atoms with Gasteiger partial charge in [0.25, 0.3) is 5.69 Å². The summed E-state index contributed by atoms with van der Waals surface area (Å²) in [5.74, 6) is 0.160. The van der Waals surface area contributed by atoms with Crippen LogP contribution in [0.3, 0.4) is 0 Å². The van der Waals surface area contributed by atoms with Crippen LogP contribution in [0.15, 0.2) is 36.5 Å². The normalized spacial score (nSPS) is 17.6. The highest BCUT2D eigenvalue weighted by Crippen LogP contribution is 2.27. The van der Waals surface area contributed by atoms with Crippen LogP contribution in [0, 0.1) is 15.9 Å². The zero-order valence-electron chi connectivity index (χ0n) is 12.8. The number of anilines is 2. The van der Waals surface area contributed by atoms with Gasteiger partial charge in [0.1, 0.15) is 17.8 Å². The first-order valence-electron chi connectivity index (χ1n) is 7.60. The van der Waals surface area contributed by atoms with Crippen LogP contribution >= 0.6 is 11.6 Å². The van der Waals surface area contributed by atoms with E-state index in [2.05, 4.69) is 10.3 Å². The van der Waals surface area contributed by atoms with E-state index in [0.29, 0.717) is 18.1 Å². The van der Waals surface area contributed by atoms with Gasteiger partial charge in [-0.1, -0.05) is 23.7 Å². The first-order valence-corrected chi connectivity index (χ1v) is 7.98. The van der Waals surface area contributed by atoms with E-state index in [9.17, 15) is 14.5 Å². The summed E-state index contributed by atoms with van der Waals surface area (Å²) in [6, 6.07) is 7.98. The Balaban J connectivity index is 1.72. The average molecular weight is 351 g/mol. The standard InChI is InChI=1S/C16H16ClFN4O2/c17-13-8-12(22(23)24)9-19-16(13)20-11-4-3-7-21(10-11)15-6-2-1-5-14(15)18/h1-2,5-6,8-9,11H,3-4,7,10H2,(H,19,20). The summed E-state index contributed by atoms with van der Waals surface area (Å²) in [4.78, 5) is 16.2. The fourth-order valence-corrected chi connectivity index (χ4v) is 3.06. The van der Waals surface area contributed by atoms with Crippen molar-refractivity contribution in [2.75, 3.05) is 23.3 Å². The van der Waals surface area contributed by atoms with Gasteiger partial charge in [-0.05, 0) is 25.0 Å². The number of halogens is 2. The maximum absolute atomic E-state index is 14.0. The van der Waals surface area contributed by atoms with E-state index in [-0.39, 0.29) is 22.6 Å². The molecular weight excluding hydrogens is 335 g/mol. The maximum Gasteiger partial charge on any atom is 0.289 e. The smallest absolute Gasteiger partial charge is 0.289 e.